The van der Waals surface area contributed by atoms with E-state index in [0.717, 1.165) is 11.1 Å². The highest BCUT2D eigenvalue weighted by molar-refractivity contribution is 6.07. The summed E-state index contributed by atoms with van der Waals surface area (Å²) in [5, 5.41) is 19.1. The monoisotopic (exact) mass is 488 g/mol. The van der Waals surface area contributed by atoms with E-state index >= 15 is 4.39 Å². The number of benzene rings is 2. The van der Waals surface area contributed by atoms with Crippen LogP contribution in [0.4, 0.5) is 4.39 Å². The van der Waals surface area contributed by atoms with E-state index in [1.165, 1.54) is 10.7 Å². The van der Waals surface area contributed by atoms with E-state index in [9.17, 15) is 5.11 Å². The van der Waals surface area contributed by atoms with Crippen molar-refractivity contribution >= 4 is 21.9 Å². The summed E-state index contributed by atoms with van der Waals surface area (Å²) in [6, 6.07) is 14.8. The van der Waals surface area contributed by atoms with Crippen molar-refractivity contribution in [1.82, 2.24) is 24.5 Å². The van der Waals surface area contributed by atoms with Crippen LogP contribution in [0.2, 0.25) is 0 Å². The van der Waals surface area contributed by atoms with Crippen molar-refractivity contribution in [1.29, 1.82) is 0 Å². The van der Waals surface area contributed by atoms with Gasteiger partial charge in [-0.25, -0.2) is 9.07 Å². The largest absolute Gasteiger partial charge is 0.386 e. The van der Waals surface area contributed by atoms with E-state index in [1.54, 1.807) is 33.2 Å². The second-order valence-corrected chi connectivity index (χ2v) is 9.93. The molecule has 5 aromatic rings. The number of ether oxygens (including phenoxy) is 1. The lowest BCUT2D eigenvalue weighted by atomic mass is 9.90. The number of aryl methyl sites for hydroxylation is 2. The Morgan fingerprint density at radius 3 is 2.61 bits per heavy atom. The van der Waals surface area contributed by atoms with Crippen LogP contribution in [0.1, 0.15) is 40.8 Å². The molecule has 0 aliphatic carbocycles. The predicted molar refractivity (Wildman–Crippen MR) is 136 cm³/mol. The molecule has 1 aliphatic heterocycles. The first-order chi connectivity index (χ1) is 18.4. The number of pyridine rings is 1. The fourth-order valence-corrected chi connectivity index (χ4v) is 5.12. The molecule has 0 saturated carbocycles. The summed E-state index contributed by atoms with van der Waals surface area (Å²) in [5.74, 6) is -0.462. The van der Waals surface area contributed by atoms with Gasteiger partial charge in [0.05, 0.1) is 52.8 Å². The molecule has 4 heterocycles. The number of aliphatic hydroxyl groups is 1. The first-order valence-corrected chi connectivity index (χ1v) is 11.8. The SMILES string of the molecule is [2H]C([2H])([2H])c1nnn(C)c1-c1cc2c(cc1F)c1ncc(C(C)(C)O)cc1n2C(c1ccccc1)C1COC1. The second kappa shape index (κ2) is 8.21. The van der Waals surface area contributed by atoms with E-state index in [2.05, 4.69) is 32.0 Å². The summed E-state index contributed by atoms with van der Waals surface area (Å²) in [7, 11) is 1.55. The van der Waals surface area contributed by atoms with Gasteiger partial charge in [0, 0.05) is 39.8 Å². The van der Waals surface area contributed by atoms with Crippen LogP contribution in [0, 0.1) is 18.6 Å². The van der Waals surface area contributed by atoms with Crippen molar-refractivity contribution in [2.45, 2.75) is 32.3 Å². The van der Waals surface area contributed by atoms with Crippen LogP contribution >= 0.6 is 0 Å². The van der Waals surface area contributed by atoms with Crippen LogP contribution in [-0.4, -0.2) is 42.9 Å². The molecule has 3 aromatic heterocycles. The van der Waals surface area contributed by atoms with Crippen molar-refractivity contribution in [2.75, 3.05) is 13.2 Å². The van der Waals surface area contributed by atoms with Gasteiger partial charge in [-0.05, 0) is 44.5 Å². The fourth-order valence-electron chi connectivity index (χ4n) is 5.12. The molecule has 0 bridgehead atoms. The van der Waals surface area contributed by atoms with Crippen molar-refractivity contribution in [3.8, 4) is 11.3 Å². The summed E-state index contributed by atoms with van der Waals surface area (Å²) in [6.45, 7) is 1.93. The first-order valence-electron chi connectivity index (χ1n) is 13.3. The fraction of sp³-hybridized carbons (Fsp3) is 0.321. The average Bonchev–Trinajstić information content (AvgIpc) is 3.38. The van der Waals surface area contributed by atoms with E-state index in [-0.39, 0.29) is 28.9 Å². The minimum absolute atomic E-state index is 0.0876. The van der Waals surface area contributed by atoms with E-state index in [1.807, 2.05) is 24.3 Å². The van der Waals surface area contributed by atoms with Crippen LogP contribution in [0.3, 0.4) is 0 Å². The van der Waals surface area contributed by atoms with Crippen molar-refractivity contribution < 1.29 is 18.3 Å². The number of nitrogens with zero attached hydrogens (tertiary/aromatic N) is 5. The lowest BCUT2D eigenvalue weighted by Crippen LogP contribution is -2.36. The Morgan fingerprint density at radius 1 is 1.17 bits per heavy atom. The molecule has 1 atom stereocenters. The molecule has 0 radical (unpaired) electrons. The van der Waals surface area contributed by atoms with Crippen LogP contribution in [0.15, 0.2) is 54.7 Å². The van der Waals surface area contributed by atoms with Crippen molar-refractivity contribution in [3.05, 3.63) is 77.4 Å². The zero-order valence-electron chi connectivity index (χ0n) is 23.2. The molecular weight excluding hydrogens is 457 g/mol. The van der Waals surface area contributed by atoms with Gasteiger partial charge in [0.1, 0.15) is 5.82 Å². The van der Waals surface area contributed by atoms with Crippen molar-refractivity contribution in [2.24, 2.45) is 13.0 Å². The average molecular weight is 489 g/mol. The van der Waals surface area contributed by atoms with E-state index in [4.69, 9.17) is 8.85 Å². The molecule has 8 heteroatoms. The molecule has 0 spiro atoms. The minimum atomic E-state index is -2.57. The van der Waals surface area contributed by atoms with Gasteiger partial charge < -0.3 is 14.4 Å². The zero-order chi connectivity index (χ0) is 27.7. The molecule has 1 aliphatic rings. The third-order valence-electron chi connectivity index (χ3n) is 7.05. The highest BCUT2D eigenvalue weighted by Crippen LogP contribution is 2.42. The Labute approximate surface area is 212 Å². The van der Waals surface area contributed by atoms with Crippen LogP contribution in [-0.2, 0) is 17.4 Å². The lowest BCUT2D eigenvalue weighted by Gasteiger charge is -2.36. The summed E-state index contributed by atoms with van der Waals surface area (Å²) >= 11 is 0. The zero-order valence-corrected chi connectivity index (χ0v) is 20.2. The second-order valence-electron chi connectivity index (χ2n) is 9.93. The van der Waals surface area contributed by atoms with Crippen molar-refractivity contribution in [3.63, 3.8) is 0 Å². The molecule has 2 aromatic carbocycles. The third kappa shape index (κ3) is 3.51. The maximum atomic E-state index is 15.8. The van der Waals surface area contributed by atoms with Gasteiger partial charge in [0.25, 0.3) is 0 Å². The number of fused-ring (bicyclic) bond motifs is 3. The Hall–Kier alpha value is -3.62. The number of rotatable bonds is 5. The first kappa shape index (κ1) is 19.6. The van der Waals surface area contributed by atoms with E-state index < -0.39 is 18.3 Å². The molecule has 1 unspecified atom stereocenters. The summed E-state index contributed by atoms with van der Waals surface area (Å²) < 4.78 is 48.7. The topological polar surface area (TPSA) is 78.0 Å². The highest BCUT2D eigenvalue weighted by Gasteiger charge is 2.34. The number of aromatic nitrogens is 5. The van der Waals surface area contributed by atoms with Gasteiger partial charge in [-0.2, -0.15) is 0 Å². The van der Waals surface area contributed by atoms with Gasteiger partial charge in [0.15, 0.2) is 0 Å². The molecule has 1 fully saturated rings. The Kier molecular flexibility index (Phi) is 4.46. The van der Waals surface area contributed by atoms with Gasteiger partial charge >= 0.3 is 0 Å². The smallest absolute Gasteiger partial charge is 0.133 e. The standard InChI is InChI=1S/C28H28FN5O2/c1-16-26(33(4)32-31-16)20-12-23-21(11-22(20)29)25-24(10-19(13-30-25)28(2,3)35)34(23)27(18-14-36-15-18)17-8-6-5-7-9-17/h5-13,18,27,35H,14-15H2,1-4H3/i1D3. The Bertz CT molecular complexity index is 1700. The van der Waals surface area contributed by atoms with Crippen LogP contribution in [0.25, 0.3) is 33.2 Å². The maximum Gasteiger partial charge on any atom is 0.133 e. The molecule has 184 valence electrons. The van der Waals surface area contributed by atoms with Crippen LogP contribution in [0.5, 0.6) is 0 Å². The van der Waals surface area contributed by atoms with E-state index in [0.29, 0.717) is 35.2 Å². The molecule has 1 saturated heterocycles. The van der Waals surface area contributed by atoms with Gasteiger partial charge in [-0.15, -0.1) is 5.10 Å². The minimum Gasteiger partial charge on any atom is -0.386 e. The summed E-state index contributed by atoms with van der Waals surface area (Å²) in [6.07, 6.45) is 1.61. The molecular formula is C28H28FN5O2. The maximum absolute atomic E-state index is 15.8. The predicted octanol–water partition coefficient (Wildman–Crippen LogP) is 4.90. The summed E-state index contributed by atoms with van der Waals surface area (Å²) in [5.41, 5.74) is 2.46. The number of hydrogen-bond donors (Lipinski definition) is 1. The normalized spacial score (nSPS) is 17.1. The Morgan fingerprint density at radius 2 is 1.94 bits per heavy atom. The highest BCUT2D eigenvalue weighted by atomic mass is 19.1. The summed E-state index contributed by atoms with van der Waals surface area (Å²) in [4.78, 5) is 4.68. The molecule has 6 rings (SSSR count). The molecule has 7 nitrogen and oxygen atoms in total. The van der Waals surface area contributed by atoms with Gasteiger partial charge in [-0.3, -0.25) is 4.98 Å². The molecule has 36 heavy (non-hydrogen) atoms. The van der Waals surface area contributed by atoms with Crippen LogP contribution < -0.4 is 0 Å². The third-order valence-corrected chi connectivity index (χ3v) is 7.05. The van der Waals surface area contributed by atoms with Gasteiger partial charge in [-0.1, -0.05) is 35.5 Å². The lowest BCUT2D eigenvalue weighted by molar-refractivity contribution is -0.0484. The Balaban J connectivity index is 1.72. The number of hydrogen-bond acceptors (Lipinski definition) is 5. The molecule has 1 N–H and O–H groups in total. The van der Waals surface area contributed by atoms with Gasteiger partial charge in [0.2, 0.25) is 0 Å². The molecule has 0 amide bonds. The quantitative estimate of drug-likeness (QED) is 0.381. The number of halogens is 1.